The number of rotatable bonds is 5. The van der Waals surface area contributed by atoms with Crippen molar-refractivity contribution >= 4 is 46.8 Å². The maximum atomic E-state index is 11.9. The second-order valence-corrected chi connectivity index (χ2v) is 5.63. The minimum atomic E-state index is -0.396. The summed E-state index contributed by atoms with van der Waals surface area (Å²) in [6, 6.07) is 11.5. The van der Waals surface area contributed by atoms with Crippen LogP contribution in [-0.2, 0) is 9.53 Å². The molecule has 0 aliphatic carbocycles. The molecule has 0 spiro atoms. The molecular formula is C18H15Cl2NO3. The zero-order valence-corrected chi connectivity index (χ0v) is 14.4. The summed E-state index contributed by atoms with van der Waals surface area (Å²) in [7, 11) is 0. The van der Waals surface area contributed by atoms with E-state index in [4.69, 9.17) is 27.9 Å². The van der Waals surface area contributed by atoms with Crippen LogP contribution in [0.25, 0.3) is 6.08 Å². The molecule has 24 heavy (non-hydrogen) atoms. The van der Waals surface area contributed by atoms with Gasteiger partial charge in [-0.15, -0.1) is 0 Å². The van der Waals surface area contributed by atoms with Crippen LogP contribution < -0.4 is 5.32 Å². The summed E-state index contributed by atoms with van der Waals surface area (Å²) in [6.45, 7) is 2.06. The van der Waals surface area contributed by atoms with Gasteiger partial charge in [0.1, 0.15) is 0 Å². The third-order valence-corrected chi connectivity index (χ3v) is 3.60. The summed E-state index contributed by atoms with van der Waals surface area (Å²) in [4.78, 5) is 23.5. The van der Waals surface area contributed by atoms with Crippen molar-refractivity contribution in [1.29, 1.82) is 0 Å². The van der Waals surface area contributed by atoms with Gasteiger partial charge >= 0.3 is 5.97 Å². The highest BCUT2D eigenvalue weighted by Gasteiger charge is 2.06. The van der Waals surface area contributed by atoms with E-state index in [-0.39, 0.29) is 5.91 Å². The Morgan fingerprint density at radius 1 is 1.12 bits per heavy atom. The van der Waals surface area contributed by atoms with Crippen LogP contribution in [0.3, 0.4) is 0 Å². The lowest BCUT2D eigenvalue weighted by Gasteiger charge is -2.05. The lowest BCUT2D eigenvalue weighted by molar-refractivity contribution is -0.111. The first-order chi connectivity index (χ1) is 11.5. The molecule has 124 valence electrons. The molecule has 1 amide bonds. The summed E-state index contributed by atoms with van der Waals surface area (Å²) >= 11 is 11.9. The van der Waals surface area contributed by atoms with Crippen molar-refractivity contribution < 1.29 is 14.3 Å². The van der Waals surface area contributed by atoms with Gasteiger partial charge in [0.15, 0.2) is 0 Å². The fraction of sp³-hybridized carbons (Fsp3) is 0.111. The fourth-order valence-corrected chi connectivity index (χ4v) is 2.36. The van der Waals surface area contributed by atoms with Gasteiger partial charge in [0, 0.05) is 21.8 Å². The Balaban J connectivity index is 1.99. The molecule has 0 aliphatic rings. The first-order valence-electron chi connectivity index (χ1n) is 7.21. The van der Waals surface area contributed by atoms with Gasteiger partial charge < -0.3 is 10.1 Å². The van der Waals surface area contributed by atoms with Crippen LogP contribution in [0.2, 0.25) is 10.0 Å². The van der Waals surface area contributed by atoms with Crippen LogP contribution in [0.4, 0.5) is 5.69 Å². The maximum absolute atomic E-state index is 11.9. The van der Waals surface area contributed by atoms with Crippen molar-refractivity contribution in [3.63, 3.8) is 0 Å². The zero-order valence-electron chi connectivity index (χ0n) is 12.9. The molecule has 6 heteroatoms. The molecule has 0 saturated heterocycles. The van der Waals surface area contributed by atoms with Gasteiger partial charge in [-0.2, -0.15) is 0 Å². The molecule has 0 radical (unpaired) electrons. The predicted octanol–water partition coefficient (Wildman–Crippen LogP) is 4.82. The summed E-state index contributed by atoms with van der Waals surface area (Å²) in [5.74, 6) is -0.711. The monoisotopic (exact) mass is 363 g/mol. The standard InChI is InChI=1S/C18H15Cl2NO3/c1-2-24-18(23)13-4-8-15(9-5-13)21-17(22)10-6-12-3-7-14(19)11-16(12)20/h3-11H,2H2,1H3,(H,21,22)/b10-6+. The number of hydrogen-bond donors (Lipinski definition) is 1. The lowest BCUT2D eigenvalue weighted by atomic mass is 10.2. The van der Waals surface area contributed by atoms with E-state index in [1.165, 1.54) is 6.08 Å². The lowest BCUT2D eigenvalue weighted by Crippen LogP contribution is -2.08. The van der Waals surface area contributed by atoms with E-state index >= 15 is 0 Å². The topological polar surface area (TPSA) is 55.4 Å². The van der Waals surface area contributed by atoms with Gasteiger partial charge in [-0.05, 0) is 55.0 Å². The Morgan fingerprint density at radius 2 is 1.83 bits per heavy atom. The summed E-state index contributed by atoms with van der Waals surface area (Å²) in [5, 5.41) is 3.69. The normalized spacial score (nSPS) is 10.6. The number of hydrogen-bond acceptors (Lipinski definition) is 3. The van der Waals surface area contributed by atoms with E-state index in [0.29, 0.717) is 33.5 Å². The molecule has 2 aromatic carbocycles. The number of anilines is 1. The number of ether oxygens (including phenoxy) is 1. The van der Waals surface area contributed by atoms with E-state index in [2.05, 4.69) is 5.32 Å². The Kier molecular flexibility index (Phi) is 6.41. The van der Waals surface area contributed by atoms with E-state index < -0.39 is 5.97 Å². The number of halogens is 2. The highest BCUT2D eigenvalue weighted by atomic mass is 35.5. The van der Waals surface area contributed by atoms with E-state index in [1.807, 2.05) is 0 Å². The van der Waals surface area contributed by atoms with Gasteiger partial charge in [0.2, 0.25) is 5.91 Å². The average Bonchev–Trinajstić information content (AvgIpc) is 2.55. The molecular weight excluding hydrogens is 349 g/mol. The first-order valence-corrected chi connectivity index (χ1v) is 7.96. The van der Waals surface area contributed by atoms with Crippen molar-refractivity contribution in [2.24, 2.45) is 0 Å². The Hall–Kier alpha value is -2.30. The van der Waals surface area contributed by atoms with Gasteiger partial charge in [-0.25, -0.2) is 4.79 Å². The second-order valence-electron chi connectivity index (χ2n) is 4.79. The number of carbonyl (C=O) groups excluding carboxylic acids is 2. The van der Waals surface area contributed by atoms with Gasteiger partial charge in [-0.1, -0.05) is 29.3 Å². The Bertz CT molecular complexity index is 770. The van der Waals surface area contributed by atoms with Crippen LogP contribution in [0.15, 0.2) is 48.5 Å². The number of nitrogens with one attached hydrogen (secondary N) is 1. The van der Waals surface area contributed by atoms with E-state index in [0.717, 1.165) is 0 Å². The van der Waals surface area contributed by atoms with Gasteiger partial charge in [-0.3, -0.25) is 4.79 Å². The minimum absolute atomic E-state index is 0.315. The number of carbonyl (C=O) groups is 2. The number of benzene rings is 2. The minimum Gasteiger partial charge on any atom is -0.462 e. The van der Waals surface area contributed by atoms with Crippen LogP contribution in [-0.4, -0.2) is 18.5 Å². The van der Waals surface area contributed by atoms with Crippen molar-refractivity contribution in [3.8, 4) is 0 Å². The average molecular weight is 364 g/mol. The van der Waals surface area contributed by atoms with Crippen LogP contribution >= 0.6 is 23.2 Å². The molecule has 0 bridgehead atoms. The number of amides is 1. The molecule has 2 rings (SSSR count). The zero-order chi connectivity index (χ0) is 17.5. The largest absolute Gasteiger partial charge is 0.462 e. The molecule has 0 saturated carbocycles. The first kappa shape index (κ1) is 18.0. The Labute approximate surface area is 150 Å². The summed E-state index contributed by atoms with van der Waals surface area (Å²) in [5.41, 5.74) is 1.69. The van der Waals surface area contributed by atoms with Crippen molar-refractivity contribution in [3.05, 3.63) is 69.7 Å². The molecule has 0 atom stereocenters. The quantitative estimate of drug-likeness (QED) is 0.611. The Morgan fingerprint density at radius 3 is 2.46 bits per heavy atom. The predicted molar refractivity (Wildman–Crippen MR) is 96.5 cm³/mol. The second kappa shape index (κ2) is 8.52. The van der Waals surface area contributed by atoms with Crippen LogP contribution in [0.5, 0.6) is 0 Å². The molecule has 0 fully saturated rings. The smallest absolute Gasteiger partial charge is 0.338 e. The van der Waals surface area contributed by atoms with Gasteiger partial charge in [0.25, 0.3) is 0 Å². The third-order valence-electron chi connectivity index (χ3n) is 3.04. The molecule has 0 aliphatic heterocycles. The van der Waals surface area contributed by atoms with Crippen LogP contribution in [0, 0.1) is 0 Å². The van der Waals surface area contributed by atoms with Crippen molar-refractivity contribution in [2.75, 3.05) is 11.9 Å². The van der Waals surface area contributed by atoms with Crippen molar-refractivity contribution in [2.45, 2.75) is 6.92 Å². The SMILES string of the molecule is CCOC(=O)c1ccc(NC(=O)/C=C/c2ccc(Cl)cc2Cl)cc1. The highest BCUT2D eigenvalue weighted by molar-refractivity contribution is 6.35. The molecule has 0 unspecified atom stereocenters. The summed E-state index contributed by atoms with van der Waals surface area (Å²) in [6.07, 6.45) is 2.97. The fourth-order valence-electron chi connectivity index (χ4n) is 1.89. The third kappa shape index (κ3) is 5.11. The van der Waals surface area contributed by atoms with E-state index in [1.54, 1.807) is 55.5 Å². The van der Waals surface area contributed by atoms with Crippen LogP contribution in [0.1, 0.15) is 22.8 Å². The molecule has 0 heterocycles. The molecule has 1 N–H and O–H groups in total. The molecule has 2 aromatic rings. The summed E-state index contributed by atoms with van der Waals surface area (Å²) < 4.78 is 4.90. The van der Waals surface area contributed by atoms with Crippen molar-refractivity contribution in [1.82, 2.24) is 0 Å². The maximum Gasteiger partial charge on any atom is 0.338 e. The molecule has 0 aromatic heterocycles. The number of esters is 1. The highest BCUT2D eigenvalue weighted by Crippen LogP contribution is 2.22. The van der Waals surface area contributed by atoms with E-state index in [9.17, 15) is 9.59 Å². The van der Waals surface area contributed by atoms with Gasteiger partial charge in [0.05, 0.1) is 12.2 Å². The molecule has 4 nitrogen and oxygen atoms in total.